The number of likely N-dealkylation sites (N-methyl/N-ethyl adjacent to an activating group) is 1. The highest BCUT2D eigenvalue weighted by atomic mass is 32.2. The van der Waals surface area contributed by atoms with Gasteiger partial charge in [0, 0.05) is 37.0 Å². The molecule has 0 bridgehead atoms. The minimum absolute atomic E-state index is 0.0351. The maximum Gasteiger partial charge on any atom is 0.266 e. The number of nitrogens with zero attached hydrogens (tertiary/aromatic N) is 3. The van der Waals surface area contributed by atoms with Gasteiger partial charge >= 0.3 is 0 Å². The first-order valence-electron chi connectivity index (χ1n) is 11.4. The summed E-state index contributed by atoms with van der Waals surface area (Å²) in [6.45, 7) is 1.55. The van der Waals surface area contributed by atoms with Crippen LogP contribution in [0.25, 0.3) is 0 Å². The highest BCUT2D eigenvalue weighted by molar-refractivity contribution is 7.94. The molecule has 0 saturated heterocycles. The summed E-state index contributed by atoms with van der Waals surface area (Å²) < 4.78 is 37.6. The normalized spacial score (nSPS) is 13.7. The summed E-state index contributed by atoms with van der Waals surface area (Å²) >= 11 is 0.467. The number of sulfone groups is 1. The molecular weight excluding hydrogens is 519 g/mol. The summed E-state index contributed by atoms with van der Waals surface area (Å²) in [6, 6.07) is 10.4. The number of nitrogens with one attached hydrogen (secondary N) is 1. The molecule has 2 amide bonds. The van der Waals surface area contributed by atoms with Crippen LogP contribution in [0.3, 0.4) is 0 Å². The Morgan fingerprint density at radius 2 is 1.95 bits per heavy atom. The summed E-state index contributed by atoms with van der Waals surface area (Å²) in [5.41, 5.74) is 2.30. The lowest BCUT2D eigenvalue weighted by Crippen LogP contribution is -2.43. The topological polar surface area (TPSA) is 117 Å². The van der Waals surface area contributed by atoms with E-state index in [-0.39, 0.29) is 22.9 Å². The van der Waals surface area contributed by atoms with Gasteiger partial charge in [0.05, 0.1) is 6.42 Å². The second-order valence-electron chi connectivity index (χ2n) is 8.87. The molecule has 0 saturated carbocycles. The zero-order chi connectivity index (χ0) is 26.7. The number of rotatable bonds is 10. The van der Waals surface area contributed by atoms with E-state index in [0.29, 0.717) is 28.0 Å². The van der Waals surface area contributed by atoms with Crippen molar-refractivity contribution >= 4 is 50.3 Å². The number of hydrogen-bond donors (Lipinski definition) is 1. The summed E-state index contributed by atoms with van der Waals surface area (Å²) in [4.78, 5) is 45.5. The van der Waals surface area contributed by atoms with Crippen LogP contribution >= 0.6 is 11.3 Å². The van der Waals surface area contributed by atoms with E-state index in [9.17, 15) is 27.2 Å². The molecule has 37 heavy (non-hydrogen) atoms. The van der Waals surface area contributed by atoms with Crippen molar-refractivity contribution in [3.05, 3.63) is 70.5 Å². The predicted octanol–water partition coefficient (Wildman–Crippen LogP) is 2.57. The van der Waals surface area contributed by atoms with Crippen molar-refractivity contribution in [3.8, 4) is 0 Å². The number of hydrogen-bond acceptors (Lipinski definition) is 9. The number of fused-ring (bicyclic) bond motifs is 1. The van der Waals surface area contributed by atoms with Gasteiger partial charge in [0.15, 0.2) is 20.8 Å². The van der Waals surface area contributed by atoms with Gasteiger partial charge in [-0.3, -0.25) is 14.4 Å². The Kier molecular flexibility index (Phi) is 7.81. The predicted molar refractivity (Wildman–Crippen MR) is 138 cm³/mol. The van der Waals surface area contributed by atoms with Crippen molar-refractivity contribution in [2.45, 2.75) is 17.1 Å². The third-order valence-corrected chi connectivity index (χ3v) is 8.79. The van der Waals surface area contributed by atoms with Gasteiger partial charge in [-0.1, -0.05) is 17.4 Å². The molecule has 0 fully saturated rings. The molecule has 1 aliphatic heterocycles. The molecule has 1 N–H and O–H groups in total. The molecule has 4 rings (SSSR count). The van der Waals surface area contributed by atoms with Crippen molar-refractivity contribution in [1.82, 2.24) is 9.88 Å². The number of anilines is 2. The van der Waals surface area contributed by atoms with Gasteiger partial charge in [-0.2, -0.15) is 4.39 Å². The first-order valence-corrected chi connectivity index (χ1v) is 13.8. The number of carbonyl (C=O) groups excluding carboxylic acids is 3. The number of benzene rings is 1. The fourth-order valence-corrected chi connectivity index (χ4v) is 6.20. The number of imide groups is 1. The number of carbonyl (C=O) groups is 3. The number of amides is 2. The lowest BCUT2D eigenvalue weighted by molar-refractivity contribution is -0.118. The van der Waals surface area contributed by atoms with E-state index in [1.54, 1.807) is 18.2 Å². The third kappa shape index (κ3) is 6.27. The van der Waals surface area contributed by atoms with Crippen molar-refractivity contribution < 1.29 is 27.2 Å². The van der Waals surface area contributed by atoms with E-state index in [4.69, 9.17) is 0 Å². The van der Waals surface area contributed by atoms with Crippen molar-refractivity contribution in [3.63, 3.8) is 0 Å². The SMILES string of the molecule is CN(C)CCNc1ccc2c(c1)CC(=O)N(c1ccc(CC(=O)CS(=O)(=O)c3ccc(F)s3)cn1)C2=O. The van der Waals surface area contributed by atoms with E-state index in [1.807, 2.05) is 19.0 Å². The Bertz CT molecular complexity index is 1450. The molecular formula is C25H25FN4O5S2. The summed E-state index contributed by atoms with van der Waals surface area (Å²) in [7, 11) is 0.00747. The second-order valence-corrected chi connectivity index (χ2v) is 12.1. The molecule has 12 heteroatoms. The average Bonchev–Trinajstić information content (AvgIpc) is 3.27. The molecule has 1 aromatic carbocycles. The van der Waals surface area contributed by atoms with Gasteiger partial charge in [-0.15, -0.1) is 0 Å². The largest absolute Gasteiger partial charge is 0.384 e. The van der Waals surface area contributed by atoms with Crippen LogP contribution in [-0.4, -0.2) is 68.8 Å². The van der Waals surface area contributed by atoms with Crippen molar-refractivity contribution in [1.29, 1.82) is 0 Å². The average molecular weight is 545 g/mol. The van der Waals surface area contributed by atoms with Gasteiger partial charge in [0.25, 0.3) is 5.91 Å². The molecule has 0 radical (unpaired) electrons. The minimum Gasteiger partial charge on any atom is -0.384 e. The standard InChI is InChI=1S/C25H25FN4O5S2/c1-29(2)10-9-27-18-4-5-20-17(12-18)13-23(32)30(25(20)33)22-7-3-16(14-28-22)11-19(31)15-37(34,35)24-8-6-21(26)36-24/h3-8,12,14,27H,9-11,13,15H2,1-2H3. The van der Waals surface area contributed by atoms with E-state index >= 15 is 0 Å². The van der Waals surface area contributed by atoms with Crippen LogP contribution in [0.4, 0.5) is 15.9 Å². The van der Waals surface area contributed by atoms with Crippen LogP contribution in [0.5, 0.6) is 0 Å². The zero-order valence-corrected chi connectivity index (χ0v) is 21.9. The van der Waals surface area contributed by atoms with E-state index in [2.05, 4.69) is 10.3 Å². The molecule has 2 aromatic heterocycles. The number of aromatic nitrogens is 1. The molecule has 0 unspecified atom stereocenters. The van der Waals surface area contributed by atoms with Crippen LogP contribution in [-0.2, 0) is 32.3 Å². The lowest BCUT2D eigenvalue weighted by Gasteiger charge is -2.26. The van der Waals surface area contributed by atoms with E-state index < -0.39 is 38.3 Å². The Labute approximate surface area is 217 Å². The van der Waals surface area contributed by atoms with Crippen molar-refractivity contribution in [2.24, 2.45) is 0 Å². The van der Waals surface area contributed by atoms with E-state index in [1.165, 1.54) is 18.3 Å². The first-order chi connectivity index (χ1) is 17.5. The molecule has 3 heterocycles. The number of thiophene rings is 1. The second kappa shape index (κ2) is 10.9. The number of halogens is 1. The van der Waals surface area contributed by atoms with Crippen LogP contribution < -0.4 is 10.2 Å². The summed E-state index contributed by atoms with van der Waals surface area (Å²) in [5.74, 6) is -2.14. The molecule has 3 aromatic rings. The fraction of sp³-hybridized carbons (Fsp3) is 0.280. The van der Waals surface area contributed by atoms with Gasteiger partial charge < -0.3 is 10.2 Å². The van der Waals surface area contributed by atoms with Crippen molar-refractivity contribution in [2.75, 3.05) is 43.2 Å². The summed E-state index contributed by atoms with van der Waals surface area (Å²) in [5, 5.41) is 2.63. The smallest absolute Gasteiger partial charge is 0.266 e. The van der Waals surface area contributed by atoms with Gasteiger partial charge in [0.2, 0.25) is 5.91 Å². The molecule has 0 aliphatic carbocycles. The Morgan fingerprint density at radius 3 is 2.59 bits per heavy atom. The van der Waals surface area contributed by atoms with Crippen LogP contribution in [0.2, 0.25) is 0 Å². The molecule has 9 nitrogen and oxygen atoms in total. The number of pyridine rings is 1. The number of Topliss-reactive ketones (excluding diaryl/α,β-unsaturated/α-hetero) is 1. The lowest BCUT2D eigenvalue weighted by atomic mass is 9.97. The highest BCUT2D eigenvalue weighted by Crippen LogP contribution is 2.27. The van der Waals surface area contributed by atoms with Gasteiger partial charge in [-0.05, 0) is 61.6 Å². The quantitative estimate of drug-likeness (QED) is 0.387. The summed E-state index contributed by atoms with van der Waals surface area (Å²) in [6.07, 6.45) is 1.15. The van der Waals surface area contributed by atoms with Crippen LogP contribution in [0.15, 0.2) is 52.9 Å². The fourth-order valence-electron chi connectivity index (χ4n) is 3.87. The first kappa shape index (κ1) is 26.6. The highest BCUT2D eigenvalue weighted by Gasteiger charge is 2.33. The maximum atomic E-state index is 13.2. The van der Waals surface area contributed by atoms with E-state index in [0.717, 1.165) is 35.8 Å². The molecule has 194 valence electrons. The van der Waals surface area contributed by atoms with Gasteiger partial charge in [0.1, 0.15) is 15.8 Å². The monoisotopic (exact) mass is 544 g/mol. The minimum atomic E-state index is -3.94. The van der Waals surface area contributed by atoms with Crippen LogP contribution in [0, 0.1) is 5.13 Å². The third-order valence-electron chi connectivity index (χ3n) is 5.66. The Morgan fingerprint density at radius 1 is 1.16 bits per heavy atom. The molecule has 1 aliphatic rings. The maximum absolute atomic E-state index is 13.2. The Hall–Kier alpha value is -3.48. The van der Waals surface area contributed by atoms with Crippen LogP contribution in [0.1, 0.15) is 21.5 Å². The molecule has 0 atom stereocenters. The van der Waals surface area contributed by atoms with Gasteiger partial charge in [-0.25, -0.2) is 18.3 Å². The molecule has 0 spiro atoms. The number of ketones is 1. The zero-order valence-electron chi connectivity index (χ0n) is 20.2. The Balaban J connectivity index is 1.42.